The first kappa shape index (κ1) is 23.9. The molecule has 10 heteroatoms. The molecule has 2 aliphatic heterocycles. The fourth-order valence-electron chi connectivity index (χ4n) is 4.33. The molecule has 0 aromatic carbocycles. The number of aliphatic carboxylic acids is 1. The molecule has 1 saturated carbocycles. The quantitative estimate of drug-likeness (QED) is 0.729. The van der Waals surface area contributed by atoms with E-state index < -0.39 is 12.1 Å². The molecule has 0 bridgehead atoms. The van der Waals surface area contributed by atoms with Crippen LogP contribution in [0.3, 0.4) is 0 Å². The summed E-state index contributed by atoms with van der Waals surface area (Å²) >= 11 is 0. The highest BCUT2D eigenvalue weighted by Crippen LogP contribution is 2.38. The minimum atomic E-state index is -5.08. The molecule has 3 fully saturated rings. The summed E-state index contributed by atoms with van der Waals surface area (Å²) in [5, 5.41) is 7.12. The zero-order valence-corrected chi connectivity index (χ0v) is 17.0. The molecule has 1 atom stereocenters. The summed E-state index contributed by atoms with van der Waals surface area (Å²) in [5.41, 5.74) is 0.185. The standard InChI is InChI=1S/C17H30N2O3.C2HF3O2/c1-18-8-7-14(10-21-2)9-17(18)12-19(13-17)16(20)11-22-15-5-3-4-6-15;3-2(4,5)1(6)7/h14-15H,3-13H2,1-2H3;(H,6,7). The lowest BCUT2D eigenvalue weighted by atomic mass is 9.75. The number of halogens is 3. The largest absolute Gasteiger partial charge is 0.490 e. The Morgan fingerprint density at radius 2 is 1.76 bits per heavy atom. The molecule has 0 aromatic rings. The Hall–Kier alpha value is -1.39. The Morgan fingerprint density at radius 1 is 1.17 bits per heavy atom. The minimum Gasteiger partial charge on any atom is -0.475 e. The molecule has 0 aromatic heterocycles. The van der Waals surface area contributed by atoms with Crippen LogP contribution in [0.2, 0.25) is 0 Å². The van der Waals surface area contributed by atoms with Crippen LogP contribution in [0.4, 0.5) is 13.2 Å². The topological polar surface area (TPSA) is 79.3 Å². The molecule has 2 heterocycles. The number of hydrogen-bond acceptors (Lipinski definition) is 5. The van der Waals surface area contributed by atoms with Gasteiger partial charge in [0, 0.05) is 26.8 Å². The Morgan fingerprint density at radius 3 is 2.28 bits per heavy atom. The number of likely N-dealkylation sites (N-methyl/N-ethyl adjacent to an activating group) is 1. The number of ether oxygens (including phenoxy) is 2. The second kappa shape index (κ2) is 10.1. The number of amides is 1. The number of piperidine rings is 1. The summed E-state index contributed by atoms with van der Waals surface area (Å²) in [4.78, 5) is 25.6. The van der Waals surface area contributed by atoms with E-state index in [0.717, 1.165) is 45.5 Å². The van der Waals surface area contributed by atoms with E-state index in [9.17, 15) is 18.0 Å². The summed E-state index contributed by atoms with van der Waals surface area (Å²) in [6, 6.07) is 0. The third-order valence-corrected chi connectivity index (χ3v) is 6.06. The zero-order chi connectivity index (χ0) is 21.7. The van der Waals surface area contributed by atoms with E-state index in [-0.39, 0.29) is 18.1 Å². The van der Waals surface area contributed by atoms with Crippen LogP contribution >= 0.6 is 0 Å². The van der Waals surface area contributed by atoms with E-state index in [1.54, 1.807) is 7.11 Å². The van der Waals surface area contributed by atoms with Crippen molar-refractivity contribution >= 4 is 11.9 Å². The van der Waals surface area contributed by atoms with Crippen LogP contribution in [0.25, 0.3) is 0 Å². The molecule has 0 radical (unpaired) electrons. The predicted molar refractivity (Wildman–Crippen MR) is 98.4 cm³/mol. The molecule has 29 heavy (non-hydrogen) atoms. The lowest BCUT2D eigenvalue weighted by Crippen LogP contribution is -2.73. The van der Waals surface area contributed by atoms with E-state index in [0.29, 0.717) is 12.0 Å². The van der Waals surface area contributed by atoms with Crippen molar-refractivity contribution in [1.82, 2.24) is 9.80 Å². The van der Waals surface area contributed by atoms with E-state index in [4.69, 9.17) is 19.4 Å². The maximum absolute atomic E-state index is 12.3. The number of likely N-dealkylation sites (tertiary alicyclic amines) is 2. The third kappa shape index (κ3) is 6.55. The van der Waals surface area contributed by atoms with Crippen molar-refractivity contribution in [3.8, 4) is 0 Å². The monoisotopic (exact) mass is 424 g/mol. The van der Waals surface area contributed by atoms with Crippen LogP contribution in [0, 0.1) is 5.92 Å². The summed E-state index contributed by atoms with van der Waals surface area (Å²) in [6.07, 6.45) is 2.32. The van der Waals surface area contributed by atoms with Gasteiger partial charge >= 0.3 is 12.1 Å². The number of nitrogens with zero attached hydrogens (tertiary/aromatic N) is 2. The van der Waals surface area contributed by atoms with Gasteiger partial charge in [-0.3, -0.25) is 9.69 Å². The second-order valence-corrected chi connectivity index (χ2v) is 8.23. The highest BCUT2D eigenvalue weighted by Gasteiger charge is 2.50. The van der Waals surface area contributed by atoms with Crippen LogP contribution in [0.5, 0.6) is 0 Å². The number of alkyl halides is 3. The molecule has 168 valence electrons. The van der Waals surface area contributed by atoms with Gasteiger partial charge in [-0.15, -0.1) is 0 Å². The molecule has 2 saturated heterocycles. The number of methoxy groups -OCH3 is 1. The first-order valence-corrected chi connectivity index (χ1v) is 9.97. The number of carboxylic acid groups (broad SMARTS) is 1. The van der Waals surface area contributed by atoms with Crippen molar-refractivity contribution in [3.63, 3.8) is 0 Å². The highest BCUT2D eigenvalue weighted by molar-refractivity contribution is 5.78. The lowest BCUT2D eigenvalue weighted by Gasteiger charge is -2.58. The van der Waals surface area contributed by atoms with Crippen molar-refractivity contribution in [2.45, 2.75) is 56.3 Å². The average Bonchev–Trinajstić information content (AvgIpc) is 3.13. The van der Waals surface area contributed by atoms with Gasteiger partial charge in [-0.1, -0.05) is 12.8 Å². The predicted octanol–water partition coefficient (Wildman–Crippen LogP) is 2.15. The zero-order valence-electron chi connectivity index (χ0n) is 17.0. The molecule has 1 N–H and O–H groups in total. The van der Waals surface area contributed by atoms with Crippen molar-refractivity contribution in [3.05, 3.63) is 0 Å². The lowest BCUT2D eigenvalue weighted by molar-refractivity contribution is -0.192. The van der Waals surface area contributed by atoms with Crippen molar-refractivity contribution in [1.29, 1.82) is 0 Å². The molecule has 1 amide bonds. The number of carbonyl (C=O) groups excluding carboxylic acids is 1. The molecular formula is C19H31F3N2O5. The van der Waals surface area contributed by atoms with Crippen LogP contribution in [0.15, 0.2) is 0 Å². The third-order valence-electron chi connectivity index (χ3n) is 6.06. The number of rotatable bonds is 5. The molecule has 3 rings (SSSR count). The number of hydrogen-bond donors (Lipinski definition) is 1. The first-order valence-electron chi connectivity index (χ1n) is 9.97. The van der Waals surface area contributed by atoms with Crippen molar-refractivity contribution in [2.24, 2.45) is 5.92 Å². The number of carboxylic acids is 1. The van der Waals surface area contributed by atoms with Gasteiger partial charge in [0.15, 0.2) is 0 Å². The van der Waals surface area contributed by atoms with Gasteiger partial charge in [0.2, 0.25) is 5.91 Å². The van der Waals surface area contributed by atoms with E-state index >= 15 is 0 Å². The highest BCUT2D eigenvalue weighted by atomic mass is 19.4. The van der Waals surface area contributed by atoms with Crippen molar-refractivity contribution < 1.29 is 37.3 Å². The molecule has 1 spiro atoms. The summed E-state index contributed by atoms with van der Waals surface area (Å²) in [6.45, 7) is 3.93. The van der Waals surface area contributed by atoms with E-state index in [2.05, 4.69) is 11.9 Å². The van der Waals surface area contributed by atoms with Gasteiger partial charge in [-0.2, -0.15) is 13.2 Å². The Labute approximate surface area is 169 Å². The van der Waals surface area contributed by atoms with E-state index in [1.165, 1.54) is 19.3 Å². The second-order valence-electron chi connectivity index (χ2n) is 8.23. The van der Waals surface area contributed by atoms with Gasteiger partial charge in [-0.25, -0.2) is 4.79 Å². The maximum atomic E-state index is 12.3. The van der Waals surface area contributed by atoms with Gasteiger partial charge < -0.3 is 19.5 Å². The Balaban J connectivity index is 0.000000370. The normalized spacial score (nSPS) is 24.7. The fourth-order valence-corrected chi connectivity index (χ4v) is 4.33. The first-order chi connectivity index (χ1) is 13.6. The summed E-state index contributed by atoms with van der Waals surface area (Å²) < 4.78 is 42.8. The van der Waals surface area contributed by atoms with Gasteiger partial charge in [0.1, 0.15) is 6.61 Å². The van der Waals surface area contributed by atoms with Crippen LogP contribution in [0.1, 0.15) is 38.5 Å². The molecular weight excluding hydrogens is 393 g/mol. The molecule has 1 unspecified atom stereocenters. The summed E-state index contributed by atoms with van der Waals surface area (Å²) in [7, 11) is 3.97. The fraction of sp³-hybridized carbons (Fsp3) is 0.895. The van der Waals surface area contributed by atoms with Gasteiger partial charge in [0.05, 0.1) is 11.6 Å². The van der Waals surface area contributed by atoms with Crippen LogP contribution in [-0.4, -0.2) is 91.6 Å². The van der Waals surface area contributed by atoms with Gasteiger partial charge in [-0.05, 0) is 45.2 Å². The van der Waals surface area contributed by atoms with Crippen LogP contribution in [-0.2, 0) is 19.1 Å². The Bertz CT molecular complexity index is 561. The maximum Gasteiger partial charge on any atom is 0.490 e. The van der Waals surface area contributed by atoms with Crippen molar-refractivity contribution in [2.75, 3.05) is 47.0 Å². The molecule has 1 aliphatic carbocycles. The van der Waals surface area contributed by atoms with Crippen LogP contribution < -0.4 is 0 Å². The minimum absolute atomic E-state index is 0.166. The SMILES string of the molecule is COCC1CCN(C)C2(C1)CN(C(=O)COC1CCCC1)C2.O=C(O)C(F)(F)F. The molecule has 7 nitrogen and oxygen atoms in total. The Kier molecular flexibility index (Phi) is 8.30. The molecule has 3 aliphatic rings. The van der Waals surface area contributed by atoms with E-state index in [1.807, 2.05) is 4.90 Å². The smallest absolute Gasteiger partial charge is 0.475 e. The average molecular weight is 424 g/mol. The van der Waals surface area contributed by atoms with Gasteiger partial charge in [0.25, 0.3) is 0 Å². The summed E-state index contributed by atoms with van der Waals surface area (Å²) in [5.74, 6) is -1.96. The number of carbonyl (C=O) groups is 2.